The molecule has 0 unspecified atom stereocenters. The molecule has 16 heavy (non-hydrogen) atoms. The molecule has 0 saturated carbocycles. The molecule has 0 amide bonds. The fraction of sp³-hybridized carbons (Fsp3) is 0.417. The maximum atomic E-state index is 5.67. The van der Waals surface area contributed by atoms with Gasteiger partial charge in [-0.1, -0.05) is 0 Å². The predicted molar refractivity (Wildman–Crippen MR) is 61.1 cm³/mol. The summed E-state index contributed by atoms with van der Waals surface area (Å²) in [4.78, 5) is 4.32. The monoisotopic (exact) mass is 217 g/mol. The van der Waals surface area contributed by atoms with E-state index in [9.17, 15) is 0 Å². The Hall–Kier alpha value is -1.55. The first kappa shape index (κ1) is 9.66. The molecule has 0 aliphatic carbocycles. The molecule has 0 fully saturated rings. The number of oxazole rings is 1. The fourth-order valence-electron chi connectivity index (χ4n) is 2.30. The van der Waals surface area contributed by atoms with E-state index in [1.165, 1.54) is 5.69 Å². The lowest BCUT2D eigenvalue weighted by molar-refractivity contribution is 0.500. The van der Waals surface area contributed by atoms with E-state index in [2.05, 4.69) is 27.0 Å². The van der Waals surface area contributed by atoms with Crippen molar-refractivity contribution in [2.24, 2.45) is 0 Å². The van der Waals surface area contributed by atoms with Crippen LogP contribution in [0.1, 0.15) is 17.3 Å². The summed E-state index contributed by atoms with van der Waals surface area (Å²) in [5.41, 5.74) is 3.43. The van der Waals surface area contributed by atoms with E-state index < -0.39 is 0 Å². The zero-order valence-electron chi connectivity index (χ0n) is 9.58. The van der Waals surface area contributed by atoms with Crippen LogP contribution in [0.2, 0.25) is 0 Å². The van der Waals surface area contributed by atoms with Gasteiger partial charge in [0.1, 0.15) is 0 Å². The van der Waals surface area contributed by atoms with Crippen LogP contribution in [0.5, 0.6) is 0 Å². The summed E-state index contributed by atoms with van der Waals surface area (Å²) in [6.07, 6.45) is 0. The van der Waals surface area contributed by atoms with Gasteiger partial charge in [0.15, 0.2) is 11.7 Å². The first-order valence-corrected chi connectivity index (χ1v) is 5.59. The minimum Gasteiger partial charge on any atom is -0.439 e. The third-order valence-electron chi connectivity index (χ3n) is 3.03. The van der Waals surface area contributed by atoms with Crippen LogP contribution in [0.25, 0.3) is 11.5 Å². The first-order valence-electron chi connectivity index (χ1n) is 5.59. The van der Waals surface area contributed by atoms with E-state index in [0.717, 1.165) is 42.7 Å². The fourth-order valence-corrected chi connectivity index (χ4v) is 2.30. The smallest absolute Gasteiger partial charge is 0.192 e. The second kappa shape index (κ2) is 3.49. The number of hydrogen-bond donors (Lipinski definition) is 1. The summed E-state index contributed by atoms with van der Waals surface area (Å²) >= 11 is 0. The third-order valence-corrected chi connectivity index (χ3v) is 3.03. The van der Waals surface area contributed by atoms with Crippen molar-refractivity contribution in [3.8, 4) is 11.5 Å². The minimum atomic E-state index is 0.733. The standard InChI is InChI=1S/C12H15N3O/c1-8-12(16-9(2)14-8)11-4-3-10-7-13-5-6-15(10)11/h3-4,13H,5-7H2,1-2H3. The average Bonchev–Trinajstić information content (AvgIpc) is 2.81. The summed E-state index contributed by atoms with van der Waals surface area (Å²) < 4.78 is 7.98. The summed E-state index contributed by atoms with van der Waals surface area (Å²) in [5, 5.41) is 3.36. The number of aryl methyl sites for hydroxylation is 2. The molecule has 84 valence electrons. The predicted octanol–water partition coefficient (Wildman–Crippen LogP) is 1.86. The topological polar surface area (TPSA) is 43.0 Å². The Morgan fingerprint density at radius 1 is 1.38 bits per heavy atom. The van der Waals surface area contributed by atoms with Crippen molar-refractivity contribution in [3.05, 3.63) is 29.4 Å². The minimum absolute atomic E-state index is 0.733. The van der Waals surface area contributed by atoms with Crippen molar-refractivity contribution in [2.75, 3.05) is 6.54 Å². The molecule has 1 N–H and O–H groups in total. The molecule has 1 aliphatic rings. The Bertz CT molecular complexity index is 524. The molecule has 4 heteroatoms. The molecule has 3 heterocycles. The van der Waals surface area contributed by atoms with Crippen molar-refractivity contribution in [1.29, 1.82) is 0 Å². The molecule has 4 nitrogen and oxygen atoms in total. The summed E-state index contributed by atoms with van der Waals surface area (Å²) in [5.74, 6) is 1.64. The zero-order valence-corrected chi connectivity index (χ0v) is 9.58. The van der Waals surface area contributed by atoms with Crippen LogP contribution in [0.3, 0.4) is 0 Å². The number of rotatable bonds is 1. The maximum absolute atomic E-state index is 5.67. The van der Waals surface area contributed by atoms with Crippen LogP contribution in [-0.2, 0) is 13.1 Å². The zero-order chi connectivity index (χ0) is 11.1. The van der Waals surface area contributed by atoms with Crippen LogP contribution >= 0.6 is 0 Å². The maximum Gasteiger partial charge on any atom is 0.192 e. The summed E-state index contributed by atoms with van der Waals surface area (Å²) in [7, 11) is 0. The van der Waals surface area contributed by atoms with E-state index in [4.69, 9.17) is 4.42 Å². The lowest BCUT2D eigenvalue weighted by atomic mass is 10.3. The van der Waals surface area contributed by atoms with Crippen molar-refractivity contribution in [1.82, 2.24) is 14.9 Å². The van der Waals surface area contributed by atoms with Gasteiger partial charge in [-0.2, -0.15) is 0 Å². The Morgan fingerprint density at radius 2 is 2.25 bits per heavy atom. The SMILES string of the molecule is Cc1nc(C)c(-c2ccc3n2CCNC3)o1. The molecular weight excluding hydrogens is 202 g/mol. The van der Waals surface area contributed by atoms with Gasteiger partial charge in [0.25, 0.3) is 0 Å². The molecule has 2 aromatic rings. The highest BCUT2D eigenvalue weighted by molar-refractivity contribution is 5.57. The number of nitrogens with one attached hydrogen (secondary N) is 1. The van der Waals surface area contributed by atoms with Gasteiger partial charge >= 0.3 is 0 Å². The molecule has 0 saturated heterocycles. The van der Waals surface area contributed by atoms with E-state index in [0.29, 0.717) is 0 Å². The van der Waals surface area contributed by atoms with Gasteiger partial charge in [0.05, 0.1) is 11.4 Å². The number of nitrogens with zero attached hydrogens (tertiary/aromatic N) is 2. The highest BCUT2D eigenvalue weighted by atomic mass is 16.4. The molecule has 1 aliphatic heterocycles. The van der Waals surface area contributed by atoms with Crippen LogP contribution in [0, 0.1) is 13.8 Å². The molecule has 2 aromatic heterocycles. The molecule has 0 atom stereocenters. The Kier molecular flexibility index (Phi) is 2.11. The summed E-state index contributed by atoms with van der Waals surface area (Å²) in [6, 6.07) is 4.27. The Morgan fingerprint density at radius 3 is 3.00 bits per heavy atom. The van der Waals surface area contributed by atoms with Crippen LogP contribution in [0.15, 0.2) is 16.5 Å². The average molecular weight is 217 g/mol. The highest BCUT2D eigenvalue weighted by Gasteiger charge is 2.17. The van der Waals surface area contributed by atoms with Crippen LogP contribution < -0.4 is 5.32 Å². The van der Waals surface area contributed by atoms with Crippen molar-refractivity contribution in [3.63, 3.8) is 0 Å². The van der Waals surface area contributed by atoms with Gasteiger partial charge in [0, 0.05) is 32.3 Å². The van der Waals surface area contributed by atoms with Gasteiger partial charge in [-0.3, -0.25) is 0 Å². The molecule has 3 rings (SSSR count). The van der Waals surface area contributed by atoms with Gasteiger partial charge in [-0.05, 0) is 19.1 Å². The van der Waals surface area contributed by atoms with Crippen molar-refractivity contribution >= 4 is 0 Å². The van der Waals surface area contributed by atoms with Crippen molar-refractivity contribution < 1.29 is 4.42 Å². The number of hydrogen-bond acceptors (Lipinski definition) is 3. The van der Waals surface area contributed by atoms with Gasteiger partial charge < -0.3 is 14.3 Å². The number of fused-ring (bicyclic) bond motifs is 1. The quantitative estimate of drug-likeness (QED) is 0.793. The molecule has 0 aromatic carbocycles. The lowest BCUT2D eigenvalue weighted by Crippen LogP contribution is -2.27. The normalized spacial score (nSPS) is 15.1. The first-order chi connectivity index (χ1) is 7.75. The molecule has 0 spiro atoms. The van der Waals surface area contributed by atoms with Gasteiger partial charge in [0.2, 0.25) is 0 Å². The lowest BCUT2D eigenvalue weighted by Gasteiger charge is -2.18. The molecular formula is C12H15N3O. The number of aromatic nitrogens is 2. The van der Waals surface area contributed by atoms with Crippen LogP contribution in [-0.4, -0.2) is 16.1 Å². The van der Waals surface area contributed by atoms with Gasteiger partial charge in [-0.15, -0.1) is 0 Å². The largest absolute Gasteiger partial charge is 0.439 e. The van der Waals surface area contributed by atoms with Crippen LogP contribution in [0.4, 0.5) is 0 Å². The highest BCUT2D eigenvalue weighted by Crippen LogP contribution is 2.27. The second-order valence-corrected chi connectivity index (χ2v) is 4.19. The molecule has 0 radical (unpaired) electrons. The van der Waals surface area contributed by atoms with Gasteiger partial charge in [-0.25, -0.2) is 4.98 Å². The molecule has 0 bridgehead atoms. The van der Waals surface area contributed by atoms with Crippen molar-refractivity contribution in [2.45, 2.75) is 26.9 Å². The van der Waals surface area contributed by atoms with E-state index >= 15 is 0 Å². The third kappa shape index (κ3) is 1.38. The van der Waals surface area contributed by atoms with E-state index in [1.807, 2.05) is 13.8 Å². The second-order valence-electron chi connectivity index (χ2n) is 4.19. The van der Waals surface area contributed by atoms with E-state index in [1.54, 1.807) is 0 Å². The van der Waals surface area contributed by atoms with E-state index in [-0.39, 0.29) is 0 Å². The Labute approximate surface area is 94.3 Å². The Balaban J connectivity index is 2.13. The summed E-state index contributed by atoms with van der Waals surface area (Å²) in [6.45, 7) is 6.83.